The van der Waals surface area contributed by atoms with Crippen LogP contribution in [0.3, 0.4) is 0 Å². The zero-order valence-electron chi connectivity index (χ0n) is 16.1. The normalized spacial score (nSPS) is 19.5. The first-order valence-electron chi connectivity index (χ1n) is 8.41. The molecule has 1 aliphatic heterocycles. The van der Waals surface area contributed by atoms with Gasteiger partial charge < -0.3 is 9.47 Å². The molecule has 154 valence electrons. The largest absolute Gasteiger partial charge is 0.460 e. The standard InChI is InChI=1S/C17H24N3O8/c1-6-20(8-10-28-14(22)12(4)5)16(24)18(15(23)19(26)17(20)25)7-9-27-13(21)11(2)3/h26H,2,4,6-10H2,1,3,5H3/q+1. The van der Waals surface area contributed by atoms with E-state index in [1.54, 1.807) is 0 Å². The van der Waals surface area contributed by atoms with Crippen molar-refractivity contribution in [3.05, 3.63) is 24.3 Å². The molecular formula is C17H24N3O8+. The van der Waals surface area contributed by atoms with E-state index in [0.29, 0.717) is 4.90 Å². The summed E-state index contributed by atoms with van der Waals surface area (Å²) in [5.41, 5.74) is 0.271. The Morgan fingerprint density at radius 1 is 1.00 bits per heavy atom. The Kier molecular flexibility index (Phi) is 7.59. The molecule has 1 rings (SSSR count). The van der Waals surface area contributed by atoms with Gasteiger partial charge in [-0.1, -0.05) is 18.2 Å². The van der Waals surface area contributed by atoms with Crippen LogP contribution in [-0.2, 0) is 19.1 Å². The maximum Gasteiger partial charge on any atom is 0.460 e. The first kappa shape index (κ1) is 23.0. The second kappa shape index (κ2) is 9.24. The van der Waals surface area contributed by atoms with E-state index < -0.39 is 34.5 Å². The first-order chi connectivity index (χ1) is 13.0. The van der Waals surface area contributed by atoms with E-state index in [9.17, 15) is 29.2 Å². The summed E-state index contributed by atoms with van der Waals surface area (Å²) in [5, 5.41) is 9.70. The number of carbonyl (C=O) groups is 5. The molecule has 1 saturated heterocycles. The minimum absolute atomic E-state index is 0.116. The minimum Gasteiger partial charge on any atom is -0.460 e. The van der Waals surface area contributed by atoms with Crippen molar-refractivity contribution in [3.8, 4) is 0 Å². The molecule has 1 unspecified atom stereocenters. The van der Waals surface area contributed by atoms with E-state index in [1.165, 1.54) is 20.8 Å². The number of carbonyl (C=O) groups excluding carboxylic acids is 5. The van der Waals surface area contributed by atoms with Crippen molar-refractivity contribution >= 4 is 30.0 Å². The highest BCUT2D eigenvalue weighted by atomic mass is 16.6. The van der Waals surface area contributed by atoms with Crippen LogP contribution in [-0.4, -0.2) is 82.5 Å². The van der Waals surface area contributed by atoms with Crippen molar-refractivity contribution < 1.29 is 43.1 Å². The van der Waals surface area contributed by atoms with Crippen LogP contribution in [0.2, 0.25) is 0 Å². The van der Waals surface area contributed by atoms with Gasteiger partial charge in [-0.3, -0.25) is 5.21 Å². The van der Waals surface area contributed by atoms with Crippen LogP contribution in [0.15, 0.2) is 24.3 Å². The molecule has 1 fully saturated rings. The molecule has 11 heteroatoms. The number of likely N-dealkylation sites (N-methyl/N-ethyl adjacent to an activating group) is 1. The molecule has 1 N–H and O–H groups in total. The van der Waals surface area contributed by atoms with Crippen LogP contribution in [0.4, 0.5) is 14.4 Å². The maximum atomic E-state index is 12.9. The predicted octanol–water partition coefficient (Wildman–Crippen LogP) is 1.43. The Labute approximate surface area is 161 Å². The lowest BCUT2D eigenvalue weighted by molar-refractivity contribution is -0.779. The molecule has 0 aliphatic carbocycles. The third-order valence-corrected chi connectivity index (χ3v) is 4.05. The van der Waals surface area contributed by atoms with Gasteiger partial charge in [-0.25, -0.2) is 28.9 Å². The molecule has 6 amide bonds. The fourth-order valence-electron chi connectivity index (χ4n) is 2.35. The average Bonchev–Trinajstić information content (AvgIpc) is 2.65. The Hall–Kier alpha value is -3.05. The number of ether oxygens (including phenoxy) is 2. The molecule has 0 bridgehead atoms. The number of esters is 2. The molecule has 0 aromatic carbocycles. The summed E-state index contributed by atoms with van der Waals surface area (Å²) >= 11 is 0. The van der Waals surface area contributed by atoms with E-state index >= 15 is 0 Å². The molecule has 0 aromatic heterocycles. The smallest absolute Gasteiger partial charge is 0.460 e. The van der Waals surface area contributed by atoms with Gasteiger partial charge >= 0.3 is 30.0 Å². The Morgan fingerprint density at radius 3 is 1.96 bits per heavy atom. The summed E-state index contributed by atoms with van der Waals surface area (Å²) in [6.45, 7) is 9.71. The van der Waals surface area contributed by atoms with Crippen LogP contribution in [0.1, 0.15) is 20.8 Å². The number of nitrogens with zero attached hydrogens (tertiary/aromatic N) is 3. The SMILES string of the molecule is C=C(C)C(=O)OCCN1C(=O)N(O)C(=O)[N+](CC)(CCOC(=O)C(=C)C)C1=O. The molecule has 0 radical (unpaired) electrons. The van der Waals surface area contributed by atoms with Crippen LogP contribution in [0.25, 0.3) is 0 Å². The number of hydroxylamine groups is 2. The van der Waals surface area contributed by atoms with Gasteiger partial charge in [-0.2, -0.15) is 4.48 Å². The molecule has 0 saturated carbocycles. The lowest BCUT2D eigenvalue weighted by Crippen LogP contribution is -2.73. The van der Waals surface area contributed by atoms with Gasteiger partial charge in [0.05, 0.1) is 13.1 Å². The summed E-state index contributed by atoms with van der Waals surface area (Å²) in [6.07, 6.45) is 0. The molecule has 1 aliphatic rings. The Balaban J connectivity index is 2.97. The highest BCUT2D eigenvalue weighted by molar-refractivity contribution is 6.04. The zero-order valence-corrected chi connectivity index (χ0v) is 16.1. The molecule has 1 atom stereocenters. The number of imide groups is 3. The van der Waals surface area contributed by atoms with Crippen molar-refractivity contribution in [1.29, 1.82) is 0 Å². The van der Waals surface area contributed by atoms with Gasteiger partial charge in [0, 0.05) is 11.1 Å². The minimum atomic E-state index is -1.26. The first-order valence-corrected chi connectivity index (χ1v) is 8.41. The number of hydrogen-bond donors (Lipinski definition) is 1. The summed E-state index contributed by atoms with van der Waals surface area (Å²) in [5.74, 6) is -1.41. The van der Waals surface area contributed by atoms with E-state index in [-0.39, 0.29) is 49.1 Å². The zero-order chi connectivity index (χ0) is 21.6. The van der Waals surface area contributed by atoms with Gasteiger partial charge in [0.2, 0.25) is 0 Å². The topological polar surface area (TPSA) is 131 Å². The average molecular weight is 398 g/mol. The van der Waals surface area contributed by atoms with Crippen LogP contribution < -0.4 is 0 Å². The second-order valence-corrected chi connectivity index (χ2v) is 6.15. The molecule has 0 spiro atoms. The monoisotopic (exact) mass is 398 g/mol. The lowest BCUT2D eigenvalue weighted by Gasteiger charge is -2.40. The molecule has 1 heterocycles. The number of rotatable bonds is 9. The fraction of sp³-hybridized carbons (Fsp3) is 0.471. The van der Waals surface area contributed by atoms with E-state index in [1.807, 2.05) is 0 Å². The molecular weight excluding hydrogens is 374 g/mol. The predicted molar refractivity (Wildman–Crippen MR) is 93.7 cm³/mol. The summed E-state index contributed by atoms with van der Waals surface area (Å²) in [6, 6.07) is -3.36. The number of hydrogen-bond acceptors (Lipinski definition) is 8. The van der Waals surface area contributed by atoms with Crippen LogP contribution in [0.5, 0.6) is 0 Å². The molecule has 28 heavy (non-hydrogen) atoms. The lowest BCUT2D eigenvalue weighted by atomic mass is 10.3. The van der Waals surface area contributed by atoms with Gasteiger partial charge in [0.1, 0.15) is 19.8 Å². The fourth-order valence-corrected chi connectivity index (χ4v) is 2.35. The highest BCUT2D eigenvalue weighted by Crippen LogP contribution is 2.23. The van der Waals surface area contributed by atoms with Gasteiger partial charge in [0.25, 0.3) is 0 Å². The van der Waals surface area contributed by atoms with Gasteiger partial charge in [-0.05, 0) is 20.8 Å². The van der Waals surface area contributed by atoms with Crippen molar-refractivity contribution in [2.45, 2.75) is 20.8 Å². The second-order valence-electron chi connectivity index (χ2n) is 6.15. The maximum absolute atomic E-state index is 12.9. The summed E-state index contributed by atoms with van der Waals surface area (Å²) in [7, 11) is 0. The molecule has 11 nitrogen and oxygen atoms in total. The summed E-state index contributed by atoms with van der Waals surface area (Å²) in [4.78, 5) is 61.0. The van der Waals surface area contributed by atoms with E-state index in [0.717, 1.165) is 0 Å². The Morgan fingerprint density at radius 2 is 1.50 bits per heavy atom. The molecule has 0 aromatic rings. The Bertz CT molecular complexity index is 732. The third kappa shape index (κ3) is 4.61. The van der Waals surface area contributed by atoms with Crippen molar-refractivity contribution in [3.63, 3.8) is 0 Å². The van der Waals surface area contributed by atoms with Crippen LogP contribution in [0, 0.1) is 0 Å². The van der Waals surface area contributed by atoms with Crippen molar-refractivity contribution in [2.75, 3.05) is 32.8 Å². The van der Waals surface area contributed by atoms with Crippen molar-refractivity contribution in [2.24, 2.45) is 0 Å². The van der Waals surface area contributed by atoms with Gasteiger partial charge in [-0.15, -0.1) is 0 Å². The van der Waals surface area contributed by atoms with E-state index in [4.69, 9.17) is 9.47 Å². The third-order valence-electron chi connectivity index (χ3n) is 4.05. The highest BCUT2D eigenvalue weighted by Gasteiger charge is 2.57. The van der Waals surface area contributed by atoms with Crippen LogP contribution >= 0.6 is 0 Å². The van der Waals surface area contributed by atoms with Gasteiger partial charge in [0.15, 0.2) is 0 Å². The quantitative estimate of drug-likeness (QED) is 0.267. The summed E-state index contributed by atoms with van der Waals surface area (Å²) < 4.78 is 8.79. The number of urea groups is 3. The number of amides is 6. The van der Waals surface area contributed by atoms with Crippen molar-refractivity contribution in [1.82, 2.24) is 9.96 Å². The van der Waals surface area contributed by atoms with E-state index in [2.05, 4.69) is 13.2 Å². The number of quaternary nitrogens is 1.